The van der Waals surface area contributed by atoms with Gasteiger partial charge in [0, 0.05) is 19.0 Å². The van der Waals surface area contributed by atoms with E-state index in [0.717, 1.165) is 38.1 Å². The maximum Gasteiger partial charge on any atom is 0.416 e. The van der Waals surface area contributed by atoms with E-state index in [1.165, 1.54) is 6.07 Å². The fourth-order valence-corrected chi connectivity index (χ4v) is 2.80. The lowest BCUT2D eigenvalue weighted by Gasteiger charge is -2.25. The zero-order valence-corrected chi connectivity index (χ0v) is 12.6. The number of alkyl halides is 3. The standard InChI is InChI=1S/C16H21F3N2O/c1-2-20-9-8-14-6-7-15(22)21(14)11-12-4-3-5-13(10-12)16(17,18)19/h3-5,10,14,20H,2,6-9,11H2,1H3. The first kappa shape index (κ1) is 16.8. The fourth-order valence-electron chi connectivity index (χ4n) is 2.80. The number of hydrogen-bond donors (Lipinski definition) is 1. The quantitative estimate of drug-likeness (QED) is 0.818. The fraction of sp³-hybridized carbons (Fsp3) is 0.562. The van der Waals surface area contributed by atoms with E-state index in [1.807, 2.05) is 6.92 Å². The summed E-state index contributed by atoms with van der Waals surface area (Å²) in [5.74, 6) is 0.0268. The molecule has 1 aromatic carbocycles. The molecule has 6 heteroatoms. The van der Waals surface area contributed by atoms with Gasteiger partial charge in [0.25, 0.3) is 0 Å². The molecule has 0 aliphatic carbocycles. The van der Waals surface area contributed by atoms with Crippen molar-refractivity contribution >= 4 is 5.91 Å². The van der Waals surface area contributed by atoms with Gasteiger partial charge in [0.2, 0.25) is 5.91 Å². The lowest BCUT2D eigenvalue weighted by atomic mass is 10.1. The van der Waals surface area contributed by atoms with Gasteiger partial charge in [-0.15, -0.1) is 0 Å². The van der Waals surface area contributed by atoms with Crippen LogP contribution in [0.15, 0.2) is 24.3 Å². The van der Waals surface area contributed by atoms with Crippen LogP contribution < -0.4 is 5.32 Å². The van der Waals surface area contributed by atoms with E-state index in [9.17, 15) is 18.0 Å². The van der Waals surface area contributed by atoms with E-state index in [2.05, 4.69) is 5.32 Å². The van der Waals surface area contributed by atoms with Crippen molar-refractivity contribution in [1.29, 1.82) is 0 Å². The Morgan fingerprint density at radius 3 is 2.82 bits per heavy atom. The first-order chi connectivity index (χ1) is 10.4. The van der Waals surface area contributed by atoms with Gasteiger partial charge in [-0.05, 0) is 43.6 Å². The minimum absolute atomic E-state index is 0.0268. The van der Waals surface area contributed by atoms with E-state index >= 15 is 0 Å². The highest BCUT2D eigenvalue weighted by atomic mass is 19.4. The number of halogens is 3. The van der Waals surface area contributed by atoms with Crippen molar-refractivity contribution in [3.8, 4) is 0 Å². The van der Waals surface area contributed by atoms with Gasteiger partial charge in [0.15, 0.2) is 0 Å². The maximum absolute atomic E-state index is 12.8. The monoisotopic (exact) mass is 314 g/mol. The Morgan fingerprint density at radius 2 is 2.14 bits per heavy atom. The van der Waals surface area contributed by atoms with Crippen LogP contribution in [0.5, 0.6) is 0 Å². The summed E-state index contributed by atoms with van der Waals surface area (Å²) < 4.78 is 38.3. The maximum atomic E-state index is 12.8. The zero-order chi connectivity index (χ0) is 16.2. The third kappa shape index (κ3) is 4.22. The lowest BCUT2D eigenvalue weighted by Crippen LogP contribution is -2.34. The number of carbonyl (C=O) groups excluding carboxylic acids is 1. The molecule has 0 saturated carbocycles. The molecule has 2 rings (SSSR count). The number of rotatable bonds is 6. The SMILES string of the molecule is CCNCCC1CCC(=O)N1Cc1cccc(C(F)(F)F)c1. The van der Waals surface area contributed by atoms with E-state index < -0.39 is 11.7 Å². The molecular weight excluding hydrogens is 293 g/mol. The Balaban J connectivity index is 2.05. The number of hydrogen-bond acceptors (Lipinski definition) is 2. The summed E-state index contributed by atoms with van der Waals surface area (Å²) in [6.07, 6.45) is -2.26. The molecule has 1 unspecified atom stereocenters. The molecule has 0 spiro atoms. The number of carbonyl (C=O) groups is 1. The van der Waals surface area contributed by atoms with Crippen LogP contribution in [0, 0.1) is 0 Å². The summed E-state index contributed by atoms with van der Waals surface area (Å²) in [6.45, 7) is 3.95. The van der Waals surface area contributed by atoms with Crippen molar-refractivity contribution in [3.05, 3.63) is 35.4 Å². The smallest absolute Gasteiger partial charge is 0.335 e. The predicted molar refractivity (Wildman–Crippen MR) is 78.2 cm³/mol. The third-order valence-electron chi connectivity index (χ3n) is 3.96. The topological polar surface area (TPSA) is 32.3 Å². The molecule has 1 heterocycles. The van der Waals surface area contributed by atoms with E-state index in [0.29, 0.717) is 12.0 Å². The van der Waals surface area contributed by atoms with Crippen LogP contribution in [0.2, 0.25) is 0 Å². The molecule has 0 bridgehead atoms. The van der Waals surface area contributed by atoms with Gasteiger partial charge in [0.1, 0.15) is 0 Å². The molecule has 3 nitrogen and oxygen atoms in total. The van der Waals surface area contributed by atoms with Crippen LogP contribution in [-0.4, -0.2) is 29.9 Å². The highest BCUT2D eigenvalue weighted by Gasteiger charge is 2.32. The Kier molecular flexibility index (Phi) is 5.45. The molecule has 122 valence electrons. The van der Waals surface area contributed by atoms with Gasteiger partial charge in [-0.25, -0.2) is 0 Å². The first-order valence-electron chi connectivity index (χ1n) is 7.58. The number of likely N-dealkylation sites (tertiary alicyclic amines) is 1. The largest absolute Gasteiger partial charge is 0.416 e. The number of nitrogens with zero attached hydrogens (tertiary/aromatic N) is 1. The van der Waals surface area contributed by atoms with Crippen molar-refractivity contribution in [2.75, 3.05) is 13.1 Å². The number of benzene rings is 1. The Bertz CT molecular complexity index is 516. The molecule has 1 aliphatic heterocycles. The molecule has 1 saturated heterocycles. The van der Waals surface area contributed by atoms with Crippen molar-refractivity contribution in [2.45, 2.75) is 44.9 Å². The Labute approximate surface area is 128 Å². The highest BCUT2D eigenvalue weighted by molar-refractivity contribution is 5.78. The molecule has 1 aliphatic rings. The van der Waals surface area contributed by atoms with Gasteiger partial charge in [-0.2, -0.15) is 13.2 Å². The summed E-state index contributed by atoms with van der Waals surface area (Å²) in [4.78, 5) is 13.7. The molecule has 1 amide bonds. The Hall–Kier alpha value is -1.56. The van der Waals surface area contributed by atoms with Crippen LogP contribution >= 0.6 is 0 Å². The molecule has 0 radical (unpaired) electrons. The molecule has 22 heavy (non-hydrogen) atoms. The van der Waals surface area contributed by atoms with Gasteiger partial charge < -0.3 is 10.2 Å². The second-order valence-corrected chi connectivity index (χ2v) is 5.55. The Morgan fingerprint density at radius 1 is 1.36 bits per heavy atom. The minimum atomic E-state index is -4.35. The predicted octanol–water partition coefficient (Wildman–Crippen LogP) is 3.20. The zero-order valence-electron chi connectivity index (χ0n) is 12.6. The average molecular weight is 314 g/mol. The molecule has 0 aromatic heterocycles. The first-order valence-corrected chi connectivity index (χ1v) is 7.58. The van der Waals surface area contributed by atoms with E-state index in [1.54, 1.807) is 11.0 Å². The summed E-state index contributed by atoms with van der Waals surface area (Å²) >= 11 is 0. The molecule has 1 atom stereocenters. The lowest BCUT2D eigenvalue weighted by molar-refractivity contribution is -0.137. The average Bonchev–Trinajstić information content (AvgIpc) is 2.80. The van der Waals surface area contributed by atoms with E-state index in [-0.39, 0.29) is 18.5 Å². The second-order valence-electron chi connectivity index (χ2n) is 5.55. The van der Waals surface area contributed by atoms with Gasteiger partial charge in [-0.3, -0.25) is 4.79 Å². The summed E-state index contributed by atoms with van der Waals surface area (Å²) in [5, 5.41) is 3.22. The summed E-state index contributed by atoms with van der Waals surface area (Å²) in [7, 11) is 0. The number of amides is 1. The van der Waals surface area contributed by atoms with Crippen LogP contribution in [0.1, 0.15) is 37.3 Å². The molecule has 1 N–H and O–H groups in total. The highest BCUT2D eigenvalue weighted by Crippen LogP contribution is 2.30. The van der Waals surface area contributed by atoms with Gasteiger partial charge in [0.05, 0.1) is 5.56 Å². The van der Waals surface area contributed by atoms with Crippen molar-refractivity contribution in [2.24, 2.45) is 0 Å². The third-order valence-corrected chi connectivity index (χ3v) is 3.96. The van der Waals surface area contributed by atoms with Crippen LogP contribution in [0.25, 0.3) is 0 Å². The van der Waals surface area contributed by atoms with Gasteiger partial charge in [-0.1, -0.05) is 19.1 Å². The van der Waals surface area contributed by atoms with Crippen molar-refractivity contribution < 1.29 is 18.0 Å². The molecule has 1 fully saturated rings. The minimum Gasteiger partial charge on any atom is -0.335 e. The number of nitrogens with one attached hydrogen (secondary N) is 1. The van der Waals surface area contributed by atoms with Crippen LogP contribution in [0.4, 0.5) is 13.2 Å². The van der Waals surface area contributed by atoms with Crippen molar-refractivity contribution in [3.63, 3.8) is 0 Å². The van der Waals surface area contributed by atoms with Crippen LogP contribution in [-0.2, 0) is 17.5 Å². The van der Waals surface area contributed by atoms with Gasteiger partial charge >= 0.3 is 6.18 Å². The van der Waals surface area contributed by atoms with E-state index in [4.69, 9.17) is 0 Å². The molecule has 1 aromatic rings. The van der Waals surface area contributed by atoms with Crippen molar-refractivity contribution in [1.82, 2.24) is 10.2 Å². The molecular formula is C16H21F3N2O. The second kappa shape index (κ2) is 7.13. The summed E-state index contributed by atoms with van der Waals surface area (Å²) in [6, 6.07) is 5.33. The van der Waals surface area contributed by atoms with Crippen LogP contribution in [0.3, 0.4) is 0 Å². The normalized spacial score (nSPS) is 19.0. The summed E-state index contributed by atoms with van der Waals surface area (Å²) in [5.41, 5.74) is -0.139.